The molecule has 9 heavy (non-hydrogen) atoms. The first kappa shape index (κ1) is 6.34. The fourth-order valence-corrected chi connectivity index (χ4v) is 0.748. The normalized spacial score (nSPS) is 9.11. The molecule has 1 aromatic heterocycles. The molecule has 0 saturated carbocycles. The van der Waals surface area contributed by atoms with E-state index in [9.17, 15) is 0 Å². The molecule has 0 aromatic carbocycles. The quantitative estimate of drug-likeness (QED) is 0.503. The highest BCUT2D eigenvalue weighted by atomic mass is 14.6. The van der Waals surface area contributed by atoms with Gasteiger partial charge in [0.25, 0.3) is 0 Å². The molecule has 0 N–H and O–H groups in total. The van der Waals surface area contributed by atoms with Crippen molar-refractivity contribution in [2.75, 3.05) is 0 Å². The summed E-state index contributed by atoms with van der Waals surface area (Å²) >= 11 is 0. The predicted molar refractivity (Wildman–Crippen MR) is 41.4 cm³/mol. The fraction of sp³-hybridized carbons (Fsp3) is 0.286. The van der Waals surface area contributed by atoms with Crippen LogP contribution in [-0.4, -0.2) is 11.7 Å². The number of aromatic nitrogens is 1. The van der Waals surface area contributed by atoms with E-state index < -0.39 is 0 Å². The Balaban J connectivity index is 2.85. The van der Waals surface area contributed by atoms with Crippen molar-refractivity contribution in [3.63, 3.8) is 0 Å². The maximum absolute atomic E-state index is 3.93. The van der Waals surface area contributed by atoms with E-state index in [0.29, 0.717) is 6.71 Å². The standard InChI is InChI=1S/C7H10BN/c1-8(2)7-3-5-9-6-4-7/h3-6H,1-2H3. The maximum atomic E-state index is 3.93. The van der Waals surface area contributed by atoms with Crippen LogP contribution < -0.4 is 5.46 Å². The molecule has 0 fully saturated rings. The molecule has 46 valence electrons. The minimum absolute atomic E-state index is 0.619. The highest BCUT2D eigenvalue weighted by Gasteiger charge is 1.98. The summed E-state index contributed by atoms with van der Waals surface area (Å²) in [5.41, 5.74) is 1.35. The Kier molecular flexibility index (Phi) is 1.88. The van der Waals surface area contributed by atoms with Crippen LogP contribution in [0.3, 0.4) is 0 Å². The lowest BCUT2D eigenvalue weighted by atomic mass is 9.50. The summed E-state index contributed by atoms with van der Waals surface area (Å²) in [7, 11) is 0. The largest absolute Gasteiger partial charge is 0.265 e. The third kappa shape index (κ3) is 1.56. The van der Waals surface area contributed by atoms with E-state index in [1.807, 2.05) is 24.5 Å². The molecule has 1 rings (SSSR count). The zero-order valence-corrected chi connectivity index (χ0v) is 5.83. The average Bonchev–Trinajstić information content (AvgIpc) is 1.90. The van der Waals surface area contributed by atoms with Gasteiger partial charge in [0.05, 0.1) is 0 Å². The predicted octanol–water partition coefficient (Wildman–Crippen LogP) is 1.04. The van der Waals surface area contributed by atoms with Crippen LogP contribution in [0.1, 0.15) is 0 Å². The molecular formula is C7H10BN. The lowest BCUT2D eigenvalue weighted by molar-refractivity contribution is 1.34. The Morgan fingerprint density at radius 2 is 1.78 bits per heavy atom. The molecule has 0 amide bonds. The molecule has 0 saturated heterocycles. The monoisotopic (exact) mass is 119 g/mol. The number of pyridine rings is 1. The maximum Gasteiger partial charge on any atom is 0.169 e. The van der Waals surface area contributed by atoms with Gasteiger partial charge in [0.1, 0.15) is 0 Å². The lowest BCUT2D eigenvalue weighted by Gasteiger charge is -1.97. The Morgan fingerprint density at radius 1 is 1.22 bits per heavy atom. The second-order valence-electron chi connectivity index (χ2n) is 2.44. The zero-order valence-electron chi connectivity index (χ0n) is 5.83. The van der Waals surface area contributed by atoms with Gasteiger partial charge in [0.2, 0.25) is 0 Å². The van der Waals surface area contributed by atoms with Gasteiger partial charge in [-0.15, -0.1) is 0 Å². The Hall–Kier alpha value is -0.785. The molecule has 0 aliphatic heterocycles. The van der Waals surface area contributed by atoms with Crippen molar-refractivity contribution < 1.29 is 0 Å². The van der Waals surface area contributed by atoms with Crippen molar-refractivity contribution in [1.82, 2.24) is 4.98 Å². The first-order valence-corrected chi connectivity index (χ1v) is 3.20. The first-order valence-electron chi connectivity index (χ1n) is 3.20. The van der Waals surface area contributed by atoms with Crippen molar-refractivity contribution in [3.8, 4) is 0 Å². The molecule has 0 atom stereocenters. The minimum Gasteiger partial charge on any atom is -0.265 e. The molecule has 0 spiro atoms. The topological polar surface area (TPSA) is 12.9 Å². The van der Waals surface area contributed by atoms with Crippen LogP contribution in [0.2, 0.25) is 13.6 Å². The van der Waals surface area contributed by atoms with Crippen molar-refractivity contribution in [2.24, 2.45) is 0 Å². The molecule has 1 nitrogen and oxygen atoms in total. The van der Waals surface area contributed by atoms with Gasteiger partial charge in [-0.3, -0.25) is 4.98 Å². The molecule has 1 aromatic rings. The third-order valence-corrected chi connectivity index (χ3v) is 1.37. The number of nitrogens with zero attached hydrogens (tertiary/aromatic N) is 1. The van der Waals surface area contributed by atoms with Crippen LogP contribution >= 0.6 is 0 Å². The molecule has 0 unspecified atom stereocenters. The van der Waals surface area contributed by atoms with Crippen LogP contribution in [0.5, 0.6) is 0 Å². The van der Waals surface area contributed by atoms with Gasteiger partial charge in [-0.1, -0.05) is 19.1 Å². The van der Waals surface area contributed by atoms with Crippen molar-refractivity contribution in [1.29, 1.82) is 0 Å². The summed E-state index contributed by atoms with van der Waals surface area (Å²) in [6.07, 6.45) is 3.66. The number of hydrogen-bond donors (Lipinski definition) is 0. The summed E-state index contributed by atoms with van der Waals surface area (Å²) in [6, 6.07) is 4.09. The second kappa shape index (κ2) is 2.67. The average molecular weight is 119 g/mol. The minimum atomic E-state index is 0.619. The van der Waals surface area contributed by atoms with Gasteiger partial charge in [0, 0.05) is 12.4 Å². The summed E-state index contributed by atoms with van der Waals surface area (Å²) in [6.45, 7) is 4.97. The van der Waals surface area contributed by atoms with Gasteiger partial charge >= 0.3 is 0 Å². The second-order valence-corrected chi connectivity index (χ2v) is 2.44. The van der Waals surface area contributed by atoms with E-state index in [1.165, 1.54) is 5.46 Å². The Bertz CT molecular complexity index is 172. The number of hydrogen-bond acceptors (Lipinski definition) is 1. The summed E-state index contributed by atoms with van der Waals surface area (Å²) in [5.74, 6) is 0. The SMILES string of the molecule is CB(C)c1ccncc1. The van der Waals surface area contributed by atoms with Crippen LogP contribution in [0.4, 0.5) is 0 Å². The van der Waals surface area contributed by atoms with Gasteiger partial charge in [-0.2, -0.15) is 0 Å². The van der Waals surface area contributed by atoms with Gasteiger partial charge in [-0.25, -0.2) is 0 Å². The van der Waals surface area contributed by atoms with Gasteiger partial charge < -0.3 is 0 Å². The molecule has 0 aliphatic carbocycles. The zero-order chi connectivity index (χ0) is 6.69. The molecule has 2 heteroatoms. The molecular weight excluding hydrogens is 109 g/mol. The molecule has 1 heterocycles. The first-order chi connectivity index (χ1) is 4.30. The van der Waals surface area contributed by atoms with E-state index in [4.69, 9.17) is 0 Å². The smallest absolute Gasteiger partial charge is 0.169 e. The third-order valence-electron chi connectivity index (χ3n) is 1.37. The highest BCUT2D eigenvalue weighted by molar-refractivity contribution is 6.70. The van der Waals surface area contributed by atoms with E-state index in [1.54, 1.807) is 0 Å². The molecule has 0 aliphatic rings. The molecule has 0 radical (unpaired) electrons. The summed E-state index contributed by atoms with van der Waals surface area (Å²) in [5, 5.41) is 0. The summed E-state index contributed by atoms with van der Waals surface area (Å²) in [4.78, 5) is 3.93. The van der Waals surface area contributed by atoms with Gasteiger partial charge in [-0.05, 0) is 12.1 Å². The highest BCUT2D eigenvalue weighted by Crippen LogP contribution is 1.82. The van der Waals surface area contributed by atoms with Crippen LogP contribution in [0.15, 0.2) is 24.5 Å². The van der Waals surface area contributed by atoms with Crippen LogP contribution in [0.25, 0.3) is 0 Å². The Labute approximate surface area is 56.2 Å². The lowest BCUT2D eigenvalue weighted by Crippen LogP contribution is -2.21. The fourth-order valence-electron chi connectivity index (χ4n) is 0.748. The molecule has 0 bridgehead atoms. The number of rotatable bonds is 1. The van der Waals surface area contributed by atoms with Crippen molar-refractivity contribution in [2.45, 2.75) is 13.6 Å². The van der Waals surface area contributed by atoms with Crippen molar-refractivity contribution in [3.05, 3.63) is 24.5 Å². The Morgan fingerprint density at radius 3 is 2.11 bits per heavy atom. The van der Waals surface area contributed by atoms with E-state index in [2.05, 4.69) is 18.6 Å². The van der Waals surface area contributed by atoms with E-state index in [-0.39, 0.29) is 0 Å². The van der Waals surface area contributed by atoms with Crippen molar-refractivity contribution >= 4 is 12.2 Å². The van der Waals surface area contributed by atoms with E-state index in [0.717, 1.165) is 0 Å². The van der Waals surface area contributed by atoms with Crippen LogP contribution in [-0.2, 0) is 0 Å². The van der Waals surface area contributed by atoms with Gasteiger partial charge in [0.15, 0.2) is 6.71 Å². The van der Waals surface area contributed by atoms with E-state index >= 15 is 0 Å². The van der Waals surface area contributed by atoms with Crippen LogP contribution in [0, 0.1) is 0 Å². The summed E-state index contributed by atoms with van der Waals surface area (Å²) < 4.78 is 0.